The number of nitrogens with zero attached hydrogens (tertiary/aromatic N) is 3. The van der Waals surface area contributed by atoms with Crippen molar-refractivity contribution in [1.29, 1.82) is 0 Å². The van der Waals surface area contributed by atoms with E-state index < -0.39 is 0 Å². The summed E-state index contributed by atoms with van der Waals surface area (Å²) in [5.74, 6) is 1.79. The lowest BCUT2D eigenvalue weighted by atomic mass is 10.0. The van der Waals surface area contributed by atoms with Gasteiger partial charge in [0.15, 0.2) is 5.96 Å². The van der Waals surface area contributed by atoms with E-state index in [0.29, 0.717) is 12.6 Å². The Labute approximate surface area is 168 Å². The predicted molar refractivity (Wildman–Crippen MR) is 115 cm³/mol. The molecule has 1 saturated heterocycles. The standard InChI is InChI=1S/C22H33N5O/c1-5-23-22(24-13-12-21-17(3)26-28-18(21)4)25-19-7-6-14-27(15-19)20-10-8-16(2)9-11-20/h8-11,19H,5-7,12-15H2,1-4H3,(H2,23,24,25). The molecule has 2 aromatic rings. The zero-order valence-electron chi connectivity index (χ0n) is 17.6. The fourth-order valence-electron chi connectivity index (χ4n) is 3.74. The number of aryl methyl sites for hydroxylation is 3. The van der Waals surface area contributed by atoms with Crippen molar-refractivity contribution < 1.29 is 4.52 Å². The van der Waals surface area contributed by atoms with Crippen molar-refractivity contribution in [3.8, 4) is 0 Å². The highest BCUT2D eigenvalue weighted by atomic mass is 16.5. The van der Waals surface area contributed by atoms with Crippen LogP contribution in [0, 0.1) is 20.8 Å². The highest BCUT2D eigenvalue weighted by molar-refractivity contribution is 5.80. The monoisotopic (exact) mass is 383 g/mol. The summed E-state index contributed by atoms with van der Waals surface area (Å²) in [7, 11) is 0. The molecule has 0 aliphatic carbocycles. The zero-order valence-corrected chi connectivity index (χ0v) is 17.6. The average molecular weight is 384 g/mol. The second-order valence-electron chi connectivity index (χ2n) is 7.58. The molecular formula is C22H33N5O. The SMILES string of the molecule is CCNC(=NCCc1c(C)noc1C)NC1CCCN(c2ccc(C)cc2)C1. The van der Waals surface area contributed by atoms with Gasteiger partial charge >= 0.3 is 0 Å². The maximum absolute atomic E-state index is 5.25. The van der Waals surface area contributed by atoms with E-state index in [9.17, 15) is 0 Å². The summed E-state index contributed by atoms with van der Waals surface area (Å²) in [4.78, 5) is 7.25. The van der Waals surface area contributed by atoms with Crippen LogP contribution in [0.15, 0.2) is 33.8 Å². The van der Waals surface area contributed by atoms with Gasteiger partial charge in [-0.05, 0) is 59.1 Å². The van der Waals surface area contributed by atoms with Crippen molar-refractivity contribution in [2.24, 2.45) is 4.99 Å². The minimum absolute atomic E-state index is 0.395. The molecule has 2 N–H and O–H groups in total. The molecule has 0 spiro atoms. The number of rotatable bonds is 6. The first-order valence-corrected chi connectivity index (χ1v) is 10.3. The van der Waals surface area contributed by atoms with E-state index in [1.54, 1.807) is 0 Å². The molecule has 0 radical (unpaired) electrons. The Morgan fingerprint density at radius 2 is 2.04 bits per heavy atom. The van der Waals surface area contributed by atoms with Crippen LogP contribution in [0.5, 0.6) is 0 Å². The van der Waals surface area contributed by atoms with E-state index in [4.69, 9.17) is 9.52 Å². The summed E-state index contributed by atoms with van der Waals surface area (Å²) in [6, 6.07) is 9.22. The van der Waals surface area contributed by atoms with E-state index in [-0.39, 0.29) is 0 Å². The van der Waals surface area contributed by atoms with Crippen LogP contribution < -0.4 is 15.5 Å². The fraction of sp³-hybridized carbons (Fsp3) is 0.545. The van der Waals surface area contributed by atoms with Crippen LogP contribution >= 0.6 is 0 Å². The van der Waals surface area contributed by atoms with Gasteiger partial charge in [0, 0.05) is 43.5 Å². The third kappa shape index (κ3) is 5.27. The van der Waals surface area contributed by atoms with Gasteiger partial charge in [-0.1, -0.05) is 22.9 Å². The first kappa shape index (κ1) is 20.2. The van der Waals surface area contributed by atoms with Gasteiger partial charge < -0.3 is 20.1 Å². The van der Waals surface area contributed by atoms with Gasteiger partial charge in [0.2, 0.25) is 0 Å². The van der Waals surface area contributed by atoms with Crippen molar-refractivity contribution >= 4 is 11.6 Å². The van der Waals surface area contributed by atoms with Crippen molar-refractivity contribution in [2.75, 3.05) is 31.1 Å². The van der Waals surface area contributed by atoms with Crippen LogP contribution in [-0.2, 0) is 6.42 Å². The normalized spacial score (nSPS) is 17.6. The van der Waals surface area contributed by atoms with Crippen LogP contribution in [0.4, 0.5) is 5.69 Å². The lowest BCUT2D eigenvalue weighted by molar-refractivity contribution is 0.392. The molecular weight excluding hydrogens is 350 g/mol. The maximum atomic E-state index is 5.25. The third-order valence-electron chi connectivity index (χ3n) is 5.32. The van der Waals surface area contributed by atoms with E-state index in [1.807, 2.05) is 13.8 Å². The van der Waals surface area contributed by atoms with Gasteiger partial charge in [0.05, 0.1) is 5.69 Å². The number of piperidine rings is 1. The molecule has 3 rings (SSSR count). The summed E-state index contributed by atoms with van der Waals surface area (Å²) in [6.07, 6.45) is 3.19. The molecule has 1 aromatic carbocycles. The predicted octanol–water partition coefficient (Wildman–Crippen LogP) is 3.37. The van der Waals surface area contributed by atoms with Gasteiger partial charge in [-0.25, -0.2) is 0 Å². The summed E-state index contributed by atoms with van der Waals surface area (Å²) in [5, 5.41) is 11.0. The molecule has 6 nitrogen and oxygen atoms in total. The Morgan fingerprint density at radius 1 is 1.25 bits per heavy atom. The summed E-state index contributed by atoms with van der Waals surface area (Å²) >= 11 is 0. The van der Waals surface area contributed by atoms with Crippen LogP contribution in [0.2, 0.25) is 0 Å². The number of hydrogen-bond acceptors (Lipinski definition) is 4. The smallest absolute Gasteiger partial charge is 0.191 e. The molecule has 152 valence electrons. The minimum Gasteiger partial charge on any atom is -0.369 e. The van der Waals surface area contributed by atoms with Gasteiger partial charge in [-0.15, -0.1) is 0 Å². The molecule has 28 heavy (non-hydrogen) atoms. The third-order valence-corrected chi connectivity index (χ3v) is 5.32. The number of aliphatic imine (C=N–C) groups is 1. The number of anilines is 1. The van der Waals surface area contributed by atoms with Gasteiger partial charge in [0.1, 0.15) is 5.76 Å². The maximum Gasteiger partial charge on any atom is 0.191 e. The second kappa shape index (κ2) is 9.62. The Morgan fingerprint density at radius 3 is 2.71 bits per heavy atom. The average Bonchev–Trinajstić information content (AvgIpc) is 3.01. The summed E-state index contributed by atoms with van der Waals surface area (Å²) < 4.78 is 5.25. The Hall–Kier alpha value is -2.50. The van der Waals surface area contributed by atoms with Crippen LogP contribution in [0.3, 0.4) is 0 Å². The Bertz CT molecular complexity index is 761. The quantitative estimate of drug-likeness (QED) is 0.591. The van der Waals surface area contributed by atoms with Crippen molar-refractivity contribution in [2.45, 2.75) is 53.0 Å². The zero-order chi connectivity index (χ0) is 19.9. The molecule has 1 atom stereocenters. The van der Waals surface area contributed by atoms with E-state index in [0.717, 1.165) is 49.9 Å². The minimum atomic E-state index is 0.395. The molecule has 6 heteroatoms. The Kier molecular flexibility index (Phi) is 6.95. The number of hydrogen-bond donors (Lipinski definition) is 2. The van der Waals surface area contributed by atoms with Crippen LogP contribution in [0.1, 0.15) is 42.3 Å². The number of nitrogens with one attached hydrogen (secondary N) is 2. The van der Waals surface area contributed by atoms with Gasteiger partial charge in [0.25, 0.3) is 0 Å². The van der Waals surface area contributed by atoms with Crippen LogP contribution in [-0.4, -0.2) is 43.3 Å². The second-order valence-corrected chi connectivity index (χ2v) is 7.58. The molecule has 1 aromatic heterocycles. The summed E-state index contributed by atoms with van der Waals surface area (Å²) in [6.45, 7) is 11.9. The van der Waals surface area contributed by atoms with Crippen LogP contribution in [0.25, 0.3) is 0 Å². The van der Waals surface area contributed by atoms with Crippen molar-refractivity contribution in [3.63, 3.8) is 0 Å². The topological polar surface area (TPSA) is 65.7 Å². The van der Waals surface area contributed by atoms with Gasteiger partial charge in [-0.2, -0.15) is 0 Å². The molecule has 0 bridgehead atoms. The van der Waals surface area contributed by atoms with Crippen molar-refractivity contribution in [3.05, 3.63) is 46.8 Å². The molecule has 1 aliphatic rings. The Balaban J connectivity index is 1.58. The lowest BCUT2D eigenvalue weighted by Crippen LogP contribution is -2.51. The summed E-state index contributed by atoms with van der Waals surface area (Å²) in [5.41, 5.74) is 4.74. The lowest BCUT2D eigenvalue weighted by Gasteiger charge is -2.35. The molecule has 1 unspecified atom stereocenters. The number of aromatic nitrogens is 1. The van der Waals surface area contributed by atoms with E-state index in [2.05, 4.69) is 58.8 Å². The number of benzene rings is 1. The highest BCUT2D eigenvalue weighted by Crippen LogP contribution is 2.20. The molecule has 0 saturated carbocycles. The largest absolute Gasteiger partial charge is 0.369 e. The highest BCUT2D eigenvalue weighted by Gasteiger charge is 2.21. The first-order valence-electron chi connectivity index (χ1n) is 10.3. The molecule has 2 heterocycles. The number of guanidine groups is 1. The van der Waals surface area contributed by atoms with E-state index >= 15 is 0 Å². The van der Waals surface area contributed by atoms with Gasteiger partial charge in [-0.3, -0.25) is 4.99 Å². The molecule has 1 fully saturated rings. The van der Waals surface area contributed by atoms with Crippen molar-refractivity contribution in [1.82, 2.24) is 15.8 Å². The first-order chi connectivity index (χ1) is 13.6. The molecule has 1 aliphatic heterocycles. The van der Waals surface area contributed by atoms with E-state index in [1.165, 1.54) is 23.2 Å². The fourth-order valence-corrected chi connectivity index (χ4v) is 3.74. The molecule has 0 amide bonds.